The number of rotatable bonds is 7. The number of carbonyl (C=O) groups excluding carboxylic acids is 2. The molecule has 2 aromatic rings. The van der Waals surface area contributed by atoms with Crippen molar-refractivity contribution >= 4 is 33.5 Å². The minimum Gasteiger partial charge on any atom is -0.442 e. The van der Waals surface area contributed by atoms with Gasteiger partial charge in [0.1, 0.15) is 11.8 Å². The van der Waals surface area contributed by atoms with Crippen molar-refractivity contribution in [3.05, 3.63) is 53.6 Å². The average Bonchev–Trinajstić information content (AvgIpc) is 3.19. The molecule has 2 amide bonds. The van der Waals surface area contributed by atoms with Crippen LogP contribution in [0.2, 0.25) is 0 Å². The Balaban J connectivity index is 1.39. The molecule has 2 aromatic carbocycles. The van der Waals surface area contributed by atoms with Crippen LogP contribution in [0.1, 0.15) is 25.3 Å². The molecule has 4 rings (SSSR count). The third kappa shape index (κ3) is 5.76. The Kier molecular flexibility index (Phi) is 7.46. The third-order valence-electron chi connectivity index (χ3n) is 6.10. The van der Waals surface area contributed by atoms with Crippen LogP contribution in [0, 0.1) is 18.6 Å². The third-order valence-corrected chi connectivity index (χ3v) is 7.47. The molecule has 12 heteroatoms. The molecule has 0 radical (unpaired) electrons. The van der Waals surface area contributed by atoms with Crippen molar-refractivity contribution in [1.29, 1.82) is 0 Å². The van der Waals surface area contributed by atoms with Crippen LogP contribution in [0.5, 0.6) is 0 Å². The zero-order chi connectivity index (χ0) is 26.0. The molecule has 194 valence electrons. The van der Waals surface area contributed by atoms with Gasteiger partial charge in [-0.25, -0.2) is 13.6 Å². The fourth-order valence-corrected chi connectivity index (χ4v) is 5.35. The van der Waals surface area contributed by atoms with E-state index in [2.05, 4.69) is 5.32 Å². The molecule has 2 aliphatic heterocycles. The largest absolute Gasteiger partial charge is 0.442 e. The summed E-state index contributed by atoms with van der Waals surface area (Å²) in [5.41, 5.74) is 0.677. The summed E-state index contributed by atoms with van der Waals surface area (Å²) in [5.74, 6) is -1.99. The van der Waals surface area contributed by atoms with Crippen LogP contribution >= 0.6 is 0 Å². The van der Waals surface area contributed by atoms with Crippen molar-refractivity contribution < 1.29 is 35.7 Å². The van der Waals surface area contributed by atoms with E-state index in [0.29, 0.717) is 0 Å². The van der Waals surface area contributed by atoms with Crippen molar-refractivity contribution in [1.82, 2.24) is 5.32 Å². The first-order valence-electron chi connectivity index (χ1n) is 11.5. The van der Waals surface area contributed by atoms with E-state index in [0.717, 1.165) is 22.6 Å². The van der Waals surface area contributed by atoms with E-state index < -0.39 is 40.1 Å². The first-order chi connectivity index (χ1) is 17.0. The average molecular weight is 524 g/mol. The molecule has 0 spiro atoms. The van der Waals surface area contributed by atoms with Crippen molar-refractivity contribution in [2.75, 3.05) is 36.0 Å². The predicted octanol–water partition coefficient (Wildman–Crippen LogP) is 3.11. The quantitative estimate of drug-likeness (QED) is 0.556. The van der Waals surface area contributed by atoms with Gasteiger partial charge in [-0.3, -0.25) is 13.9 Å². The summed E-state index contributed by atoms with van der Waals surface area (Å²) in [5, 5.41) is 2.54. The minimum absolute atomic E-state index is 0.00601. The van der Waals surface area contributed by atoms with Gasteiger partial charge in [0, 0.05) is 32.1 Å². The van der Waals surface area contributed by atoms with E-state index in [1.807, 2.05) is 6.92 Å². The Bertz CT molecular complexity index is 1220. The van der Waals surface area contributed by atoms with Crippen molar-refractivity contribution in [2.24, 2.45) is 0 Å². The molecule has 1 atom stereocenters. The van der Waals surface area contributed by atoms with E-state index in [1.165, 1.54) is 24.0 Å². The van der Waals surface area contributed by atoms with Crippen LogP contribution in [-0.4, -0.2) is 58.8 Å². The second kappa shape index (κ2) is 10.4. The molecule has 2 saturated heterocycles. The van der Waals surface area contributed by atoms with Crippen LogP contribution in [0.4, 0.5) is 25.0 Å². The normalized spacial score (nSPS) is 18.9. The molecular weight excluding hydrogens is 496 g/mol. The van der Waals surface area contributed by atoms with Gasteiger partial charge in [0.2, 0.25) is 5.91 Å². The Hall–Kier alpha value is -3.25. The maximum Gasteiger partial charge on any atom is 0.414 e. The van der Waals surface area contributed by atoms with Gasteiger partial charge in [0.15, 0.2) is 11.6 Å². The van der Waals surface area contributed by atoms with Crippen LogP contribution in [0.3, 0.4) is 0 Å². The fraction of sp³-hybridized carbons (Fsp3) is 0.417. The first-order valence-corrected chi connectivity index (χ1v) is 12.9. The van der Waals surface area contributed by atoms with E-state index in [9.17, 15) is 18.0 Å². The van der Waals surface area contributed by atoms with Gasteiger partial charge in [-0.1, -0.05) is 17.7 Å². The van der Waals surface area contributed by atoms with E-state index >= 15 is 8.78 Å². The van der Waals surface area contributed by atoms with Crippen LogP contribution in [0.25, 0.3) is 0 Å². The molecule has 0 aliphatic carbocycles. The van der Waals surface area contributed by atoms with Crippen LogP contribution < -0.4 is 15.1 Å². The smallest absolute Gasteiger partial charge is 0.414 e. The van der Waals surface area contributed by atoms with Gasteiger partial charge in [0.05, 0.1) is 29.8 Å². The number of amides is 2. The van der Waals surface area contributed by atoms with Crippen LogP contribution in [-0.2, 0) is 23.8 Å². The monoisotopic (exact) mass is 523 g/mol. The standard InChI is InChI=1S/C24H27F2N3O6S/c1-15-3-5-20(6-4-15)36(32,33)35-18-7-9-28(10-8-18)23-21(25)11-17(12-22(23)26)29-14-19(34-24(29)31)13-27-16(2)30/h3-6,11-12,18-19H,7-10,13-14H2,1-2H3,(H,27,30). The number of anilines is 2. The van der Waals surface area contributed by atoms with Crippen molar-refractivity contribution in [3.63, 3.8) is 0 Å². The maximum atomic E-state index is 15.0. The maximum absolute atomic E-state index is 15.0. The Morgan fingerprint density at radius 1 is 1.14 bits per heavy atom. The highest BCUT2D eigenvalue weighted by Gasteiger charge is 2.34. The number of hydrogen-bond acceptors (Lipinski definition) is 7. The van der Waals surface area contributed by atoms with Gasteiger partial charge in [-0.05, 0) is 31.9 Å². The summed E-state index contributed by atoms with van der Waals surface area (Å²) in [7, 11) is -3.95. The summed E-state index contributed by atoms with van der Waals surface area (Å²) in [6.07, 6.45) is -1.49. The molecule has 0 aromatic heterocycles. The summed E-state index contributed by atoms with van der Waals surface area (Å²) in [4.78, 5) is 25.9. The van der Waals surface area contributed by atoms with Gasteiger partial charge in [-0.15, -0.1) is 0 Å². The first kappa shape index (κ1) is 25.8. The number of benzene rings is 2. The molecule has 0 saturated carbocycles. The van der Waals surface area contributed by atoms with Gasteiger partial charge in [-0.2, -0.15) is 8.42 Å². The second-order valence-electron chi connectivity index (χ2n) is 8.86. The topological polar surface area (TPSA) is 105 Å². The Labute approximate surface area is 208 Å². The SMILES string of the molecule is CC(=O)NCC1CN(c2cc(F)c(N3CCC(OS(=O)(=O)c4ccc(C)cc4)CC3)c(F)c2)C(=O)O1. The summed E-state index contributed by atoms with van der Waals surface area (Å²) in [6.45, 7) is 3.68. The van der Waals surface area contributed by atoms with E-state index in [-0.39, 0.29) is 61.2 Å². The van der Waals surface area contributed by atoms with Crippen molar-refractivity contribution in [3.8, 4) is 0 Å². The lowest BCUT2D eigenvalue weighted by atomic mass is 10.1. The van der Waals surface area contributed by atoms with E-state index in [1.54, 1.807) is 12.1 Å². The number of aryl methyl sites for hydroxylation is 1. The number of hydrogen-bond donors (Lipinski definition) is 1. The Morgan fingerprint density at radius 3 is 2.33 bits per heavy atom. The second-order valence-corrected chi connectivity index (χ2v) is 10.4. The summed E-state index contributed by atoms with van der Waals surface area (Å²) >= 11 is 0. The molecule has 2 heterocycles. The van der Waals surface area contributed by atoms with E-state index in [4.69, 9.17) is 8.92 Å². The lowest BCUT2D eigenvalue weighted by molar-refractivity contribution is -0.119. The minimum atomic E-state index is -3.95. The number of halogens is 2. The highest BCUT2D eigenvalue weighted by Crippen LogP contribution is 2.33. The zero-order valence-electron chi connectivity index (χ0n) is 19.9. The number of ether oxygens (including phenoxy) is 1. The molecule has 9 nitrogen and oxygen atoms in total. The highest BCUT2D eigenvalue weighted by molar-refractivity contribution is 7.86. The zero-order valence-corrected chi connectivity index (χ0v) is 20.7. The fourth-order valence-electron chi connectivity index (χ4n) is 4.22. The van der Waals surface area contributed by atoms with Crippen molar-refractivity contribution in [2.45, 2.75) is 43.8 Å². The number of nitrogens with one attached hydrogen (secondary N) is 1. The number of nitrogens with zero attached hydrogens (tertiary/aromatic N) is 2. The van der Waals surface area contributed by atoms with Gasteiger partial charge >= 0.3 is 6.09 Å². The van der Waals surface area contributed by atoms with Gasteiger partial charge < -0.3 is 15.0 Å². The molecule has 2 fully saturated rings. The molecule has 2 aliphatic rings. The van der Waals surface area contributed by atoms with Crippen LogP contribution in [0.15, 0.2) is 41.3 Å². The lowest BCUT2D eigenvalue weighted by Gasteiger charge is -2.33. The number of piperidine rings is 1. The summed E-state index contributed by atoms with van der Waals surface area (Å²) in [6, 6.07) is 8.43. The predicted molar refractivity (Wildman–Crippen MR) is 127 cm³/mol. The molecule has 0 bridgehead atoms. The molecule has 36 heavy (non-hydrogen) atoms. The lowest BCUT2D eigenvalue weighted by Crippen LogP contribution is -2.39. The Morgan fingerprint density at radius 2 is 1.75 bits per heavy atom. The van der Waals surface area contributed by atoms with Gasteiger partial charge in [0.25, 0.3) is 10.1 Å². The molecule has 1 N–H and O–H groups in total. The molecule has 1 unspecified atom stereocenters. The highest BCUT2D eigenvalue weighted by atomic mass is 32.2. The number of cyclic esters (lactones) is 1. The molecular formula is C24H27F2N3O6S. The number of carbonyl (C=O) groups is 2. The summed E-state index contributed by atoms with van der Waals surface area (Å²) < 4.78 is 65.6.